The van der Waals surface area contributed by atoms with Gasteiger partial charge in [0.2, 0.25) is 0 Å². The molecule has 2 aromatic rings. The second kappa shape index (κ2) is 5.17. The van der Waals surface area contributed by atoms with Gasteiger partial charge < -0.3 is 5.32 Å². The van der Waals surface area contributed by atoms with Crippen molar-refractivity contribution in [1.82, 2.24) is 4.98 Å². The first-order valence-corrected chi connectivity index (χ1v) is 7.01. The van der Waals surface area contributed by atoms with Crippen LogP contribution in [0.4, 0.5) is 10.2 Å². The molecule has 3 nitrogen and oxygen atoms in total. The van der Waals surface area contributed by atoms with Crippen molar-refractivity contribution in [2.45, 2.75) is 25.2 Å². The highest BCUT2D eigenvalue weighted by molar-refractivity contribution is 5.44. The number of hydrogen-bond acceptors (Lipinski definition) is 3. The minimum atomic E-state index is -0.147. The molecule has 1 heterocycles. The summed E-state index contributed by atoms with van der Waals surface area (Å²) in [5, 5.41) is 12.3. The number of hydrogen-bond donors (Lipinski definition) is 1. The first-order valence-electron chi connectivity index (χ1n) is 7.01. The van der Waals surface area contributed by atoms with Crippen LogP contribution < -0.4 is 5.32 Å². The van der Waals surface area contributed by atoms with Gasteiger partial charge in [0.15, 0.2) is 0 Å². The fourth-order valence-corrected chi connectivity index (χ4v) is 2.58. The minimum absolute atomic E-state index is 0.134. The molecule has 1 fully saturated rings. The molecule has 0 spiro atoms. The summed E-state index contributed by atoms with van der Waals surface area (Å²) < 4.78 is 13.9. The molecule has 0 unspecified atom stereocenters. The molecular formula is C17H16FN3. The second-order valence-corrected chi connectivity index (χ2v) is 5.59. The van der Waals surface area contributed by atoms with Gasteiger partial charge in [0.05, 0.1) is 0 Å². The maximum absolute atomic E-state index is 13.9. The van der Waals surface area contributed by atoms with Crippen LogP contribution in [-0.2, 0) is 5.41 Å². The van der Waals surface area contributed by atoms with Gasteiger partial charge in [-0.2, -0.15) is 5.26 Å². The molecule has 1 aliphatic rings. The van der Waals surface area contributed by atoms with Crippen LogP contribution in [0.3, 0.4) is 0 Å². The first-order chi connectivity index (χ1) is 10.1. The van der Waals surface area contributed by atoms with Gasteiger partial charge in [-0.05, 0) is 43.0 Å². The van der Waals surface area contributed by atoms with E-state index in [9.17, 15) is 4.39 Å². The van der Waals surface area contributed by atoms with E-state index in [1.807, 2.05) is 31.2 Å². The Kier molecular flexibility index (Phi) is 3.34. The summed E-state index contributed by atoms with van der Waals surface area (Å²) in [6.45, 7) is 2.49. The zero-order valence-electron chi connectivity index (χ0n) is 11.9. The molecule has 106 valence electrons. The molecule has 0 aliphatic heterocycles. The summed E-state index contributed by atoms with van der Waals surface area (Å²) in [6, 6.07) is 12.7. The predicted octanol–water partition coefficient (Wildman–Crippen LogP) is 3.54. The molecule has 0 radical (unpaired) electrons. The lowest BCUT2D eigenvalue weighted by molar-refractivity contribution is 0.578. The number of benzene rings is 1. The molecule has 3 rings (SSSR count). The summed E-state index contributed by atoms with van der Waals surface area (Å²) in [4.78, 5) is 4.27. The fraction of sp³-hybridized carbons (Fsp3) is 0.294. The van der Waals surface area contributed by atoms with Crippen LogP contribution in [0.15, 0.2) is 36.4 Å². The third-order valence-corrected chi connectivity index (χ3v) is 4.11. The maximum atomic E-state index is 13.9. The van der Waals surface area contributed by atoms with Crippen LogP contribution in [-0.4, -0.2) is 11.5 Å². The number of anilines is 1. The Morgan fingerprint density at radius 3 is 2.71 bits per heavy atom. The van der Waals surface area contributed by atoms with Crippen LogP contribution in [0, 0.1) is 24.1 Å². The SMILES string of the molecule is Cc1ccc(NCC2(c3ccccc3F)CC2)nc1C#N. The number of nitrogens with zero attached hydrogens (tertiary/aromatic N) is 2. The highest BCUT2D eigenvalue weighted by atomic mass is 19.1. The summed E-state index contributed by atoms with van der Waals surface area (Å²) >= 11 is 0. The standard InChI is InChI=1S/C17H16FN3/c1-12-6-7-16(21-15(12)10-19)20-11-17(8-9-17)13-4-2-3-5-14(13)18/h2-7H,8-9,11H2,1H3,(H,20,21). The van der Waals surface area contributed by atoms with Gasteiger partial charge in [0.1, 0.15) is 23.4 Å². The summed E-state index contributed by atoms with van der Waals surface area (Å²) in [5.74, 6) is 0.520. The van der Waals surface area contributed by atoms with E-state index in [4.69, 9.17) is 5.26 Å². The van der Waals surface area contributed by atoms with E-state index < -0.39 is 0 Å². The number of nitriles is 1. The summed E-state index contributed by atoms with van der Waals surface area (Å²) in [6.07, 6.45) is 1.94. The van der Waals surface area contributed by atoms with Crippen LogP contribution in [0.5, 0.6) is 0 Å². The van der Waals surface area contributed by atoms with Gasteiger partial charge in [-0.25, -0.2) is 9.37 Å². The first kappa shape index (κ1) is 13.6. The lowest BCUT2D eigenvalue weighted by Crippen LogP contribution is -2.21. The molecule has 0 bridgehead atoms. The van der Waals surface area contributed by atoms with E-state index in [1.165, 1.54) is 6.07 Å². The zero-order valence-corrected chi connectivity index (χ0v) is 11.9. The van der Waals surface area contributed by atoms with Crippen LogP contribution in [0.1, 0.15) is 29.7 Å². The highest BCUT2D eigenvalue weighted by Crippen LogP contribution is 2.48. The molecule has 1 aromatic carbocycles. The largest absolute Gasteiger partial charge is 0.369 e. The van der Waals surface area contributed by atoms with Crippen molar-refractivity contribution in [3.8, 4) is 6.07 Å². The van der Waals surface area contributed by atoms with E-state index in [2.05, 4.69) is 16.4 Å². The quantitative estimate of drug-likeness (QED) is 0.932. The topological polar surface area (TPSA) is 48.7 Å². The van der Waals surface area contributed by atoms with Crippen LogP contribution >= 0.6 is 0 Å². The van der Waals surface area contributed by atoms with Gasteiger partial charge in [-0.15, -0.1) is 0 Å². The van der Waals surface area contributed by atoms with Crippen molar-refractivity contribution >= 4 is 5.82 Å². The number of pyridine rings is 1. The van der Waals surface area contributed by atoms with E-state index in [1.54, 1.807) is 6.07 Å². The van der Waals surface area contributed by atoms with E-state index in [0.717, 1.165) is 24.0 Å². The van der Waals surface area contributed by atoms with E-state index in [0.29, 0.717) is 18.1 Å². The molecule has 0 saturated heterocycles. The normalized spacial score (nSPS) is 15.3. The lowest BCUT2D eigenvalue weighted by Gasteiger charge is -2.18. The van der Waals surface area contributed by atoms with Crippen molar-refractivity contribution in [3.63, 3.8) is 0 Å². The third kappa shape index (κ3) is 2.59. The summed E-state index contributed by atoms with van der Waals surface area (Å²) in [5.41, 5.74) is 1.92. The average molecular weight is 281 g/mol. The molecule has 21 heavy (non-hydrogen) atoms. The number of halogens is 1. The molecule has 1 N–H and O–H groups in total. The van der Waals surface area contributed by atoms with Crippen molar-refractivity contribution < 1.29 is 4.39 Å². The Morgan fingerprint density at radius 2 is 2.05 bits per heavy atom. The molecule has 1 saturated carbocycles. The molecule has 1 aliphatic carbocycles. The van der Waals surface area contributed by atoms with Gasteiger partial charge in [0, 0.05) is 12.0 Å². The van der Waals surface area contributed by atoms with E-state index >= 15 is 0 Å². The number of nitrogens with one attached hydrogen (secondary N) is 1. The van der Waals surface area contributed by atoms with Gasteiger partial charge in [-0.1, -0.05) is 24.3 Å². The third-order valence-electron chi connectivity index (χ3n) is 4.11. The highest BCUT2D eigenvalue weighted by Gasteiger charge is 2.45. The second-order valence-electron chi connectivity index (χ2n) is 5.59. The molecule has 1 aromatic heterocycles. The average Bonchev–Trinajstić information content (AvgIpc) is 3.28. The van der Waals surface area contributed by atoms with Crippen LogP contribution in [0.25, 0.3) is 0 Å². The number of aryl methyl sites for hydroxylation is 1. The predicted molar refractivity (Wildman–Crippen MR) is 79.5 cm³/mol. The monoisotopic (exact) mass is 281 g/mol. The van der Waals surface area contributed by atoms with Gasteiger partial charge >= 0.3 is 0 Å². The smallest absolute Gasteiger partial charge is 0.145 e. The van der Waals surface area contributed by atoms with Gasteiger partial charge in [0.25, 0.3) is 0 Å². The summed E-state index contributed by atoms with van der Waals surface area (Å²) in [7, 11) is 0. The molecule has 0 atom stereocenters. The Bertz CT molecular complexity index is 714. The Balaban J connectivity index is 1.77. The minimum Gasteiger partial charge on any atom is -0.369 e. The van der Waals surface area contributed by atoms with Crippen molar-refractivity contribution in [1.29, 1.82) is 5.26 Å². The van der Waals surface area contributed by atoms with Crippen molar-refractivity contribution in [2.75, 3.05) is 11.9 Å². The van der Waals surface area contributed by atoms with Gasteiger partial charge in [-0.3, -0.25) is 0 Å². The molecule has 4 heteroatoms. The molecule has 0 amide bonds. The van der Waals surface area contributed by atoms with Crippen LogP contribution in [0.2, 0.25) is 0 Å². The van der Waals surface area contributed by atoms with Crippen molar-refractivity contribution in [2.24, 2.45) is 0 Å². The number of aromatic nitrogens is 1. The lowest BCUT2D eigenvalue weighted by atomic mass is 9.95. The Hall–Kier alpha value is -2.41. The zero-order chi connectivity index (χ0) is 14.9. The maximum Gasteiger partial charge on any atom is 0.145 e. The Labute approximate surface area is 123 Å². The van der Waals surface area contributed by atoms with E-state index in [-0.39, 0.29) is 11.2 Å². The van der Waals surface area contributed by atoms with Crippen molar-refractivity contribution in [3.05, 3.63) is 59.0 Å². The fourth-order valence-electron chi connectivity index (χ4n) is 2.58. The number of rotatable bonds is 4. The Morgan fingerprint density at radius 1 is 1.29 bits per heavy atom. The molecular weight excluding hydrogens is 265 g/mol.